The van der Waals surface area contributed by atoms with Crippen molar-refractivity contribution in [2.45, 2.75) is 0 Å². The van der Waals surface area contributed by atoms with E-state index in [2.05, 4.69) is 21.2 Å². The number of nitrogens with one attached hydrogen (secondary N) is 1. The van der Waals surface area contributed by atoms with Crippen LogP contribution in [0.2, 0.25) is 0 Å². The molecule has 132 valence electrons. The molecule has 0 spiro atoms. The highest BCUT2D eigenvalue weighted by molar-refractivity contribution is 9.10. The highest BCUT2D eigenvalue weighted by Gasteiger charge is 2.07. The van der Waals surface area contributed by atoms with Gasteiger partial charge in [0.15, 0.2) is 0 Å². The minimum absolute atomic E-state index is 0.170. The monoisotopic (exact) mass is 411 g/mol. The minimum Gasteiger partial charge on any atom is -0.490 e. The van der Waals surface area contributed by atoms with Gasteiger partial charge in [-0.15, -0.1) is 0 Å². The second-order valence-electron chi connectivity index (χ2n) is 5.50. The zero-order valence-corrected chi connectivity index (χ0v) is 15.6. The Kier molecular flexibility index (Phi) is 6.28. The summed E-state index contributed by atoms with van der Waals surface area (Å²) >= 11 is 3.37. The minimum atomic E-state index is -0.170. The van der Waals surface area contributed by atoms with Gasteiger partial charge in [-0.3, -0.25) is 4.79 Å². The van der Waals surface area contributed by atoms with Crippen LogP contribution in [0.3, 0.4) is 0 Å². The van der Waals surface area contributed by atoms with Crippen LogP contribution in [0.1, 0.15) is 10.4 Å². The second-order valence-corrected chi connectivity index (χ2v) is 6.42. The average Bonchev–Trinajstić information content (AvgIpc) is 2.66. The zero-order chi connectivity index (χ0) is 18.2. The lowest BCUT2D eigenvalue weighted by Gasteiger charge is -2.10. The van der Waals surface area contributed by atoms with Crippen molar-refractivity contribution in [2.24, 2.45) is 0 Å². The van der Waals surface area contributed by atoms with Crippen LogP contribution in [0.4, 0.5) is 5.69 Å². The van der Waals surface area contributed by atoms with Crippen molar-refractivity contribution in [3.8, 4) is 11.5 Å². The van der Waals surface area contributed by atoms with Gasteiger partial charge >= 0.3 is 0 Å². The van der Waals surface area contributed by atoms with Gasteiger partial charge in [0.25, 0.3) is 5.91 Å². The van der Waals surface area contributed by atoms with E-state index >= 15 is 0 Å². The molecule has 0 saturated carbocycles. The molecular formula is C21H18BrNO3. The Hall–Kier alpha value is -2.79. The number of hydrogen-bond donors (Lipinski definition) is 1. The Labute approximate surface area is 160 Å². The molecule has 0 atom stereocenters. The molecule has 0 unspecified atom stereocenters. The van der Waals surface area contributed by atoms with E-state index in [0.29, 0.717) is 30.2 Å². The van der Waals surface area contributed by atoms with Gasteiger partial charge in [0.05, 0.1) is 0 Å². The summed E-state index contributed by atoms with van der Waals surface area (Å²) in [5.41, 5.74) is 1.26. The largest absolute Gasteiger partial charge is 0.490 e. The van der Waals surface area contributed by atoms with Gasteiger partial charge in [0.1, 0.15) is 24.7 Å². The molecule has 0 heterocycles. The third-order valence-corrected chi connectivity index (χ3v) is 4.04. The third kappa shape index (κ3) is 5.36. The Morgan fingerprint density at radius 1 is 0.808 bits per heavy atom. The Balaban J connectivity index is 1.52. The molecule has 0 aliphatic heterocycles. The highest BCUT2D eigenvalue weighted by Crippen LogP contribution is 2.19. The number of carbonyl (C=O) groups excluding carboxylic acids is 1. The molecule has 0 aromatic heterocycles. The fourth-order valence-corrected chi connectivity index (χ4v) is 2.73. The van der Waals surface area contributed by atoms with Gasteiger partial charge in [0.2, 0.25) is 0 Å². The highest BCUT2D eigenvalue weighted by atomic mass is 79.9. The smallest absolute Gasteiger partial charge is 0.255 e. The summed E-state index contributed by atoms with van der Waals surface area (Å²) in [6, 6.07) is 24.1. The van der Waals surface area contributed by atoms with Gasteiger partial charge in [-0.05, 0) is 42.5 Å². The summed E-state index contributed by atoms with van der Waals surface area (Å²) in [6.07, 6.45) is 0. The first-order chi connectivity index (χ1) is 12.7. The molecule has 0 radical (unpaired) electrons. The van der Waals surface area contributed by atoms with E-state index in [-0.39, 0.29) is 5.91 Å². The molecule has 1 amide bonds. The first-order valence-electron chi connectivity index (χ1n) is 8.18. The predicted octanol–water partition coefficient (Wildman–Crippen LogP) is 5.16. The average molecular weight is 412 g/mol. The number of carbonyl (C=O) groups is 1. The van der Waals surface area contributed by atoms with Crippen molar-refractivity contribution in [1.29, 1.82) is 0 Å². The standard InChI is InChI=1S/C21H18BrNO3/c22-17-7-4-6-16(14-17)21(24)23-18-8-5-11-20(15-18)26-13-12-25-19-9-2-1-3-10-19/h1-11,14-15H,12-13H2,(H,23,24). The van der Waals surface area contributed by atoms with Crippen molar-refractivity contribution in [1.82, 2.24) is 0 Å². The maximum atomic E-state index is 12.3. The van der Waals surface area contributed by atoms with Gasteiger partial charge in [0, 0.05) is 21.8 Å². The number of ether oxygens (including phenoxy) is 2. The van der Waals surface area contributed by atoms with E-state index in [1.54, 1.807) is 18.2 Å². The number of benzene rings is 3. The Morgan fingerprint density at radius 2 is 1.50 bits per heavy atom. The molecule has 0 bridgehead atoms. The molecule has 4 nitrogen and oxygen atoms in total. The maximum Gasteiger partial charge on any atom is 0.255 e. The first-order valence-corrected chi connectivity index (χ1v) is 8.98. The van der Waals surface area contributed by atoms with Crippen molar-refractivity contribution < 1.29 is 14.3 Å². The molecule has 3 aromatic rings. The molecule has 0 aliphatic rings. The van der Waals surface area contributed by atoms with E-state index in [9.17, 15) is 4.79 Å². The number of para-hydroxylation sites is 1. The van der Waals surface area contributed by atoms with Gasteiger partial charge in [-0.2, -0.15) is 0 Å². The molecule has 0 fully saturated rings. The summed E-state index contributed by atoms with van der Waals surface area (Å²) < 4.78 is 12.1. The predicted molar refractivity (Wildman–Crippen MR) is 106 cm³/mol. The van der Waals surface area contributed by atoms with E-state index in [1.807, 2.05) is 60.7 Å². The molecule has 3 rings (SSSR count). The number of hydrogen-bond acceptors (Lipinski definition) is 3. The maximum absolute atomic E-state index is 12.3. The van der Waals surface area contributed by atoms with Crippen LogP contribution in [-0.2, 0) is 0 Å². The molecule has 3 aromatic carbocycles. The second kappa shape index (κ2) is 9.06. The molecule has 0 saturated heterocycles. The van der Waals surface area contributed by atoms with Crippen LogP contribution < -0.4 is 14.8 Å². The third-order valence-electron chi connectivity index (χ3n) is 3.54. The number of rotatable bonds is 7. The molecule has 1 N–H and O–H groups in total. The Morgan fingerprint density at radius 3 is 2.27 bits per heavy atom. The quantitative estimate of drug-likeness (QED) is 0.546. The van der Waals surface area contributed by atoms with Gasteiger partial charge in [-0.1, -0.05) is 46.3 Å². The van der Waals surface area contributed by atoms with E-state index < -0.39 is 0 Å². The summed E-state index contributed by atoms with van der Waals surface area (Å²) in [7, 11) is 0. The van der Waals surface area contributed by atoms with Gasteiger partial charge < -0.3 is 14.8 Å². The molecular weight excluding hydrogens is 394 g/mol. The summed E-state index contributed by atoms with van der Waals surface area (Å²) in [5.74, 6) is 1.32. The fourth-order valence-electron chi connectivity index (χ4n) is 2.33. The molecule has 0 aliphatic carbocycles. The fraction of sp³-hybridized carbons (Fsp3) is 0.0952. The zero-order valence-electron chi connectivity index (χ0n) is 14.0. The first kappa shape index (κ1) is 18.0. The lowest BCUT2D eigenvalue weighted by atomic mass is 10.2. The number of anilines is 1. The van der Waals surface area contributed by atoms with Crippen molar-refractivity contribution >= 4 is 27.5 Å². The Bertz CT molecular complexity index is 868. The van der Waals surface area contributed by atoms with Crippen LogP contribution >= 0.6 is 15.9 Å². The summed E-state index contributed by atoms with van der Waals surface area (Å²) in [4.78, 5) is 12.3. The number of halogens is 1. The van der Waals surface area contributed by atoms with Crippen LogP contribution in [0.25, 0.3) is 0 Å². The van der Waals surface area contributed by atoms with Crippen LogP contribution in [0.15, 0.2) is 83.3 Å². The van der Waals surface area contributed by atoms with Crippen molar-refractivity contribution in [3.05, 3.63) is 88.9 Å². The lowest BCUT2D eigenvalue weighted by molar-refractivity contribution is 0.102. The van der Waals surface area contributed by atoms with Crippen molar-refractivity contribution in [2.75, 3.05) is 18.5 Å². The molecule has 5 heteroatoms. The number of amides is 1. The normalized spacial score (nSPS) is 10.2. The topological polar surface area (TPSA) is 47.6 Å². The summed E-state index contributed by atoms with van der Waals surface area (Å²) in [6.45, 7) is 0.858. The van der Waals surface area contributed by atoms with Gasteiger partial charge in [-0.25, -0.2) is 0 Å². The van der Waals surface area contributed by atoms with Crippen molar-refractivity contribution in [3.63, 3.8) is 0 Å². The van der Waals surface area contributed by atoms with E-state index in [0.717, 1.165) is 10.2 Å². The van der Waals surface area contributed by atoms with Crippen LogP contribution in [0, 0.1) is 0 Å². The van der Waals surface area contributed by atoms with Crippen LogP contribution in [0.5, 0.6) is 11.5 Å². The van der Waals surface area contributed by atoms with E-state index in [1.165, 1.54) is 0 Å². The lowest BCUT2D eigenvalue weighted by Crippen LogP contribution is -2.12. The molecule has 26 heavy (non-hydrogen) atoms. The SMILES string of the molecule is O=C(Nc1cccc(OCCOc2ccccc2)c1)c1cccc(Br)c1. The van der Waals surface area contributed by atoms with Crippen LogP contribution in [-0.4, -0.2) is 19.1 Å². The van der Waals surface area contributed by atoms with E-state index in [4.69, 9.17) is 9.47 Å². The summed E-state index contributed by atoms with van der Waals surface area (Å²) in [5, 5.41) is 2.87.